The fraction of sp³-hybridized carbons (Fsp3) is 0.513. The van der Waals surface area contributed by atoms with E-state index < -0.39 is 23.2 Å². The number of allylic oxidation sites excluding steroid dienone is 1. The second-order valence-electron chi connectivity index (χ2n) is 14.3. The van der Waals surface area contributed by atoms with Crippen LogP contribution in [0, 0.1) is 22.5 Å². The van der Waals surface area contributed by atoms with Crippen molar-refractivity contribution in [2.24, 2.45) is 5.41 Å². The van der Waals surface area contributed by atoms with Gasteiger partial charge in [-0.15, -0.1) is 0 Å². The molecule has 0 amide bonds. The molecule has 2 aromatic carbocycles. The number of halogens is 3. The molecular formula is C39H52F3N7O2. The first-order valence-electron chi connectivity index (χ1n) is 17.9. The van der Waals surface area contributed by atoms with Crippen molar-refractivity contribution in [1.29, 1.82) is 5.41 Å². The number of piperidine rings is 1. The molecule has 3 N–H and O–H groups in total. The van der Waals surface area contributed by atoms with Crippen LogP contribution in [0.1, 0.15) is 88.4 Å². The van der Waals surface area contributed by atoms with Crippen LogP contribution in [0.3, 0.4) is 0 Å². The number of anilines is 3. The van der Waals surface area contributed by atoms with E-state index in [-0.39, 0.29) is 17.7 Å². The van der Waals surface area contributed by atoms with Crippen molar-refractivity contribution in [1.82, 2.24) is 20.2 Å². The van der Waals surface area contributed by atoms with Gasteiger partial charge in [0.05, 0.1) is 25.4 Å². The molecular weight excluding hydrogens is 655 g/mol. The second kappa shape index (κ2) is 16.9. The van der Waals surface area contributed by atoms with Crippen LogP contribution in [0.5, 0.6) is 5.75 Å². The quantitative estimate of drug-likeness (QED) is 0.128. The molecule has 9 nitrogen and oxygen atoms in total. The van der Waals surface area contributed by atoms with Gasteiger partial charge in [0.25, 0.3) is 0 Å². The first kappa shape index (κ1) is 38.1. The number of aromatic nitrogens is 2. The third-order valence-electron chi connectivity index (χ3n) is 10.5. The summed E-state index contributed by atoms with van der Waals surface area (Å²) in [6.45, 7) is 8.03. The Morgan fingerprint density at radius 1 is 1.14 bits per heavy atom. The first-order chi connectivity index (χ1) is 24.6. The van der Waals surface area contributed by atoms with Crippen molar-refractivity contribution >= 4 is 29.1 Å². The molecule has 276 valence electrons. The molecule has 3 heterocycles. The number of likely N-dealkylation sites (tertiary alicyclic amines) is 1. The summed E-state index contributed by atoms with van der Waals surface area (Å²) in [5.74, 6) is 0.423. The van der Waals surface area contributed by atoms with Crippen LogP contribution < -0.4 is 20.4 Å². The van der Waals surface area contributed by atoms with E-state index in [9.17, 15) is 13.2 Å². The van der Waals surface area contributed by atoms with Crippen molar-refractivity contribution in [3.63, 3.8) is 0 Å². The lowest BCUT2D eigenvalue weighted by molar-refractivity contribution is 0.0129. The highest BCUT2D eigenvalue weighted by atomic mass is 19.1. The third-order valence-corrected chi connectivity index (χ3v) is 10.5. The largest absolute Gasteiger partial charge is 0.495 e. The number of rotatable bonds is 16. The van der Waals surface area contributed by atoms with Gasteiger partial charge in [-0.25, -0.2) is 28.2 Å². The van der Waals surface area contributed by atoms with Gasteiger partial charge in [0.15, 0.2) is 5.82 Å². The van der Waals surface area contributed by atoms with Gasteiger partial charge >= 0.3 is 0 Å². The standard InChI is InChI=1S/C39H52F3N7O2/c1-6-12-39(14-16-48(17-15-39)38(2,3)25-40)13-7-8-27-19-35(50-5)33(21-30(27)28(23-43)24-44-4)47-36-22-37(46-26-45-36)49-34(11-18-51-49)31-20-29(41)9-10-32(31)42/h9-10,19-24,26,34,43-44H,6-8,11-18,25H2,1-5H3,(H,45,46,47)/b28-24+,43-23?/t34-/m1/s1. The van der Waals surface area contributed by atoms with E-state index in [4.69, 9.17) is 15.0 Å². The van der Waals surface area contributed by atoms with E-state index in [0.29, 0.717) is 36.1 Å². The summed E-state index contributed by atoms with van der Waals surface area (Å²) in [6.07, 6.45) is 12.2. The number of hydrogen-bond donors (Lipinski definition) is 3. The Kier molecular flexibility index (Phi) is 12.6. The predicted octanol–water partition coefficient (Wildman–Crippen LogP) is 8.55. The number of nitrogens with one attached hydrogen (secondary N) is 3. The minimum atomic E-state index is -0.559. The zero-order valence-corrected chi connectivity index (χ0v) is 30.5. The predicted molar refractivity (Wildman–Crippen MR) is 197 cm³/mol. The third kappa shape index (κ3) is 8.84. The van der Waals surface area contributed by atoms with Crippen LogP contribution in [-0.4, -0.2) is 67.1 Å². The Morgan fingerprint density at radius 2 is 1.92 bits per heavy atom. The average Bonchev–Trinajstić information content (AvgIpc) is 3.62. The fourth-order valence-corrected chi connectivity index (χ4v) is 7.62. The van der Waals surface area contributed by atoms with E-state index >= 15 is 0 Å². The molecule has 0 spiro atoms. The summed E-state index contributed by atoms with van der Waals surface area (Å²) in [5, 5.41) is 16.2. The number of benzene rings is 2. The molecule has 1 aromatic heterocycles. The van der Waals surface area contributed by atoms with Crippen LogP contribution >= 0.6 is 0 Å². The Morgan fingerprint density at radius 3 is 2.61 bits per heavy atom. The molecule has 2 aliphatic rings. The van der Waals surface area contributed by atoms with Crippen LogP contribution in [0.25, 0.3) is 5.57 Å². The summed E-state index contributed by atoms with van der Waals surface area (Å²) in [4.78, 5) is 16.9. The lowest BCUT2D eigenvalue weighted by atomic mass is 9.70. The zero-order chi connectivity index (χ0) is 36.6. The van der Waals surface area contributed by atoms with Gasteiger partial charge in [-0.3, -0.25) is 9.74 Å². The van der Waals surface area contributed by atoms with Gasteiger partial charge in [0.2, 0.25) is 0 Å². The van der Waals surface area contributed by atoms with Crippen LogP contribution in [0.2, 0.25) is 0 Å². The maximum Gasteiger partial charge on any atom is 0.158 e. The van der Waals surface area contributed by atoms with E-state index in [1.807, 2.05) is 39.2 Å². The van der Waals surface area contributed by atoms with Crippen molar-refractivity contribution in [2.75, 3.05) is 50.9 Å². The molecule has 0 radical (unpaired) electrons. The Hall–Kier alpha value is -4.16. The Balaban J connectivity index is 1.38. The lowest BCUT2D eigenvalue weighted by Gasteiger charge is -2.47. The highest BCUT2D eigenvalue weighted by Crippen LogP contribution is 2.43. The molecule has 0 bridgehead atoms. The van der Waals surface area contributed by atoms with Crippen molar-refractivity contribution < 1.29 is 22.7 Å². The summed E-state index contributed by atoms with van der Waals surface area (Å²) >= 11 is 0. The first-order valence-corrected chi connectivity index (χ1v) is 17.9. The molecule has 51 heavy (non-hydrogen) atoms. The summed E-state index contributed by atoms with van der Waals surface area (Å²) in [5.41, 5.74) is 3.33. The molecule has 2 aliphatic heterocycles. The van der Waals surface area contributed by atoms with Gasteiger partial charge in [0, 0.05) is 48.6 Å². The van der Waals surface area contributed by atoms with Gasteiger partial charge < -0.3 is 20.8 Å². The van der Waals surface area contributed by atoms with Crippen molar-refractivity contribution in [3.8, 4) is 5.75 Å². The Labute approximate surface area is 300 Å². The van der Waals surface area contributed by atoms with Crippen molar-refractivity contribution in [2.45, 2.75) is 83.7 Å². The van der Waals surface area contributed by atoms with E-state index in [1.165, 1.54) is 23.7 Å². The second-order valence-corrected chi connectivity index (χ2v) is 14.3. The van der Waals surface area contributed by atoms with Crippen LogP contribution in [0.4, 0.5) is 30.5 Å². The van der Waals surface area contributed by atoms with Crippen molar-refractivity contribution in [3.05, 3.63) is 77.3 Å². The molecule has 5 rings (SSSR count). The fourth-order valence-electron chi connectivity index (χ4n) is 7.62. The topological polar surface area (TPSA) is 98.6 Å². The average molecular weight is 708 g/mol. The number of alkyl halides is 1. The molecule has 2 fully saturated rings. The summed E-state index contributed by atoms with van der Waals surface area (Å²) in [7, 11) is 3.43. The molecule has 2 saturated heterocycles. The van der Waals surface area contributed by atoms with Crippen LogP contribution in [0.15, 0.2) is 48.9 Å². The SMILES string of the molecule is CCCC1(CCCc2cc(OC)c(Nc3cc(N4OCC[C@@H]4c4cc(F)ccc4F)ncn3)cc2/C(C=N)=C/NC)CCN(C(C)(C)CF)CC1. The molecule has 0 aliphatic carbocycles. The molecule has 1 atom stereocenters. The maximum atomic E-state index is 14.7. The maximum absolute atomic E-state index is 14.7. The molecule has 0 unspecified atom stereocenters. The number of ether oxygens (including phenoxy) is 1. The zero-order valence-electron chi connectivity index (χ0n) is 30.5. The van der Waals surface area contributed by atoms with Gasteiger partial charge in [-0.05, 0) is 112 Å². The van der Waals surface area contributed by atoms with Gasteiger partial charge in [-0.1, -0.05) is 13.3 Å². The number of hydrogen-bond acceptors (Lipinski definition) is 9. The van der Waals surface area contributed by atoms with Gasteiger partial charge in [0.1, 0.15) is 36.2 Å². The minimum Gasteiger partial charge on any atom is -0.495 e. The molecule has 12 heteroatoms. The number of methoxy groups -OCH3 is 1. The normalized spacial score (nSPS) is 18.2. The van der Waals surface area contributed by atoms with Gasteiger partial charge in [-0.2, -0.15) is 0 Å². The number of nitrogens with zero attached hydrogens (tertiary/aromatic N) is 4. The highest BCUT2D eigenvalue weighted by molar-refractivity contribution is 6.09. The van der Waals surface area contributed by atoms with E-state index in [0.717, 1.165) is 86.9 Å². The van der Waals surface area contributed by atoms with Crippen LogP contribution in [-0.2, 0) is 11.3 Å². The minimum absolute atomic E-state index is 0.199. The molecule has 0 saturated carbocycles. The number of aryl methyl sites for hydroxylation is 1. The Bertz CT molecular complexity index is 1680. The summed E-state index contributed by atoms with van der Waals surface area (Å²) in [6, 6.07) is 8.54. The number of hydroxylamine groups is 1. The smallest absolute Gasteiger partial charge is 0.158 e. The summed E-state index contributed by atoms with van der Waals surface area (Å²) < 4.78 is 48.4. The molecule has 3 aromatic rings. The van der Waals surface area contributed by atoms with E-state index in [2.05, 4.69) is 32.4 Å². The highest BCUT2D eigenvalue weighted by Gasteiger charge is 2.38. The van der Waals surface area contributed by atoms with E-state index in [1.54, 1.807) is 13.2 Å². The lowest BCUT2D eigenvalue weighted by Crippen LogP contribution is -2.51. The monoisotopic (exact) mass is 707 g/mol.